The normalized spacial score (nSPS) is 11.5. The molecule has 1 rings (SSSR count). The molecule has 0 unspecified atom stereocenters. The van der Waals surface area contributed by atoms with Crippen molar-refractivity contribution in [2.75, 3.05) is 12.4 Å². The van der Waals surface area contributed by atoms with Crippen molar-refractivity contribution >= 4 is 26.0 Å². The predicted molar refractivity (Wildman–Crippen MR) is 71.6 cm³/mol. The second-order valence-corrected chi connectivity index (χ2v) is 6.48. The summed E-state index contributed by atoms with van der Waals surface area (Å²) in [5.41, 5.74) is 1.06. The van der Waals surface area contributed by atoms with Crippen LogP contribution in [0.5, 0.6) is 5.75 Å². The smallest absolute Gasteiger partial charge is 0.209 e. The number of unbranched alkanes of at least 4 members (excludes halogenated alkanes) is 1. The Balaban J connectivity index is 2.34. The van der Waals surface area contributed by atoms with Gasteiger partial charge in [-0.3, -0.25) is 0 Å². The minimum atomic E-state index is -3.35. The molecule has 0 bridgehead atoms. The highest BCUT2D eigenvalue weighted by Crippen LogP contribution is 2.22. The highest BCUT2D eigenvalue weighted by molar-refractivity contribution is 9.10. The van der Waals surface area contributed by atoms with Crippen LogP contribution in [0.3, 0.4) is 0 Å². The first-order valence-corrected chi connectivity index (χ1v) is 7.79. The summed E-state index contributed by atoms with van der Waals surface area (Å²) in [6.45, 7) is 2.46. The van der Waals surface area contributed by atoms with E-state index in [1.165, 1.54) is 0 Å². The van der Waals surface area contributed by atoms with Crippen LogP contribution < -0.4 is 9.88 Å². The summed E-state index contributed by atoms with van der Waals surface area (Å²) >= 11 is 3.37. The Labute approximate surface area is 110 Å². The first-order valence-electron chi connectivity index (χ1n) is 5.28. The van der Waals surface area contributed by atoms with Crippen molar-refractivity contribution in [3.8, 4) is 5.75 Å². The van der Waals surface area contributed by atoms with Crippen LogP contribution in [-0.4, -0.2) is 20.8 Å². The largest absolute Gasteiger partial charge is 0.493 e. The van der Waals surface area contributed by atoms with Crippen LogP contribution in [0, 0.1) is 6.92 Å². The van der Waals surface area contributed by atoms with E-state index < -0.39 is 10.0 Å². The van der Waals surface area contributed by atoms with Gasteiger partial charge in [-0.15, -0.1) is 0 Å². The van der Waals surface area contributed by atoms with Gasteiger partial charge in [0.25, 0.3) is 0 Å². The van der Waals surface area contributed by atoms with E-state index in [2.05, 4.69) is 15.9 Å². The second-order valence-electron chi connectivity index (χ2n) is 3.83. The van der Waals surface area contributed by atoms with Gasteiger partial charge in [0.2, 0.25) is 10.0 Å². The minimum Gasteiger partial charge on any atom is -0.493 e. The molecular formula is C11H16BrNO3S. The molecule has 0 aliphatic carbocycles. The van der Waals surface area contributed by atoms with E-state index in [4.69, 9.17) is 9.88 Å². The van der Waals surface area contributed by atoms with E-state index >= 15 is 0 Å². The van der Waals surface area contributed by atoms with Crippen molar-refractivity contribution in [1.82, 2.24) is 0 Å². The van der Waals surface area contributed by atoms with Crippen molar-refractivity contribution in [3.05, 3.63) is 28.2 Å². The molecule has 1 aromatic carbocycles. The third kappa shape index (κ3) is 6.05. The van der Waals surface area contributed by atoms with E-state index in [9.17, 15) is 8.42 Å². The number of hydrogen-bond acceptors (Lipinski definition) is 3. The average molecular weight is 322 g/mol. The van der Waals surface area contributed by atoms with Crippen molar-refractivity contribution in [1.29, 1.82) is 0 Å². The first kappa shape index (κ1) is 14.5. The van der Waals surface area contributed by atoms with Crippen LogP contribution in [0.25, 0.3) is 0 Å². The van der Waals surface area contributed by atoms with Crippen LogP contribution in [0.4, 0.5) is 0 Å². The summed E-state index contributed by atoms with van der Waals surface area (Å²) in [7, 11) is -3.35. The molecule has 96 valence electrons. The fourth-order valence-electron chi connectivity index (χ4n) is 1.32. The summed E-state index contributed by atoms with van der Waals surface area (Å²) in [5.74, 6) is 0.823. The van der Waals surface area contributed by atoms with Crippen LogP contribution in [0.15, 0.2) is 22.7 Å². The van der Waals surface area contributed by atoms with Gasteiger partial charge < -0.3 is 4.74 Å². The highest BCUT2D eigenvalue weighted by atomic mass is 79.9. The van der Waals surface area contributed by atoms with Crippen molar-refractivity contribution in [3.63, 3.8) is 0 Å². The minimum absolute atomic E-state index is 0.00776. The lowest BCUT2D eigenvalue weighted by Crippen LogP contribution is -2.16. The number of hydrogen-bond donors (Lipinski definition) is 1. The Kier molecular flexibility index (Phi) is 5.42. The quantitative estimate of drug-likeness (QED) is 0.816. The molecular weight excluding hydrogens is 306 g/mol. The zero-order valence-electron chi connectivity index (χ0n) is 9.65. The lowest BCUT2D eigenvalue weighted by atomic mass is 10.2. The number of halogens is 1. The van der Waals surface area contributed by atoms with E-state index in [1.807, 2.05) is 25.1 Å². The standard InChI is InChI=1S/C11H16BrNO3S/c1-9-4-5-10(12)8-11(9)16-6-2-3-7-17(13,14)15/h4-5,8H,2-3,6-7H2,1H3,(H2,13,14,15). The third-order valence-electron chi connectivity index (χ3n) is 2.23. The Morgan fingerprint density at radius 2 is 2.06 bits per heavy atom. The molecule has 6 heteroatoms. The van der Waals surface area contributed by atoms with E-state index in [0.29, 0.717) is 19.4 Å². The summed E-state index contributed by atoms with van der Waals surface area (Å²) < 4.78 is 27.9. The zero-order chi connectivity index (χ0) is 12.9. The Morgan fingerprint density at radius 3 is 2.71 bits per heavy atom. The third-order valence-corrected chi connectivity index (χ3v) is 3.58. The monoisotopic (exact) mass is 321 g/mol. The molecule has 0 fully saturated rings. The first-order chi connectivity index (χ1) is 7.88. The molecule has 2 N–H and O–H groups in total. The molecule has 0 aliphatic heterocycles. The van der Waals surface area contributed by atoms with Crippen LogP contribution in [-0.2, 0) is 10.0 Å². The molecule has 17 heavy (non-hydrogen) atoms. The number of sulfonamides is 1. The van der Waals surface area contributed by atoms with Crippen molar-refractivity contribution in [2.24, 2.45) is 5.14 Å². The van der Waals surface area contributed by atoms with E-state index in [0.717, 1.165) is 15.8 Å². The van der Waals surface area contributed by atoms with Gasteiger partial charge in [-0.2, -0.15) is 0 Å². The number of aryl methyl sites for hydroxylation is 1. The molecule has 0 aliphatic rings. The predicted octanol–water partition coefficient (Wildman–Crippen LogP) is 2.21. The molecule has 0 radical (unpaired) electrons. The zero-order valence-corrected chi connectivity index (χ0v) is 12.1. The molecule has 0 atom stereocenters. The average Bonchev–Trinajstić information content (AvgIpc) is 2.21. The number of primary sulfonamides is 1. The second kappa shape index (κ2) is 6.37. The molecule has 0 aromatic heterocycles. The van der Waals surface area contributed by atoms with Gasteiger partial charge in [0.15, 0.2) is 0 Å². The fraction of sp³-hybridized carbons (Fsp3) is 0.455. The van der Waals surface area contributed by atoms with Gasteiger partial charge in [0, 0.05) is 4.47 Å². The number of ether oxygens (including phenoxy) is 1. The maximum absolute atomic E-state index is 10.7. The molecule has 0 heterocycles. The number of rotatable bonds is 6. The van der Waals surface area contributed by atoms with Gasteiger partial charge in [0.1, 0.15) is 5.75 Å². The van der Waals surface area contributed by atoms with Crippen LogP contribution in [0.1, 0.15) is 18.4 Å². The van der Waals surface area contributed by atoms with Gasteiger partial charge in [-0.05, 0) is 37.5 Å². The summed E-state index contributed by atoms with van der Waals surface area (Å²) in [6, 6.07) is 5.81. The maximum atomic E-state index is 10.7. The summed E-state index contributed by atoms with van der Waals surface area (Å²) in [6.07, 6.45) is 1.19. The lowest BCUT2D eigenvalue weighted by Gasteiger charge is -2.09. The van der Waals surface area contributed by atoms with Crippen molar-refractivity contribution < 1.29 is 13.2 Å². The van der Waals surface area contributed by atoms with Gasteiger partial charge >= 0.3 is 0 Å². The topological polar surface area (TPSA) is 69.4 Å². The Bertz CT molecular complexity index is 474. The maximum Gasteiger partial charge on any atom is 0.209 e. The SMILES string of the molecule is Cc1ccc(Br)cc1OCCCCS(N)(=O)=O. The molecule has 0 saturated heterocycles. The van der Waals surface area contributed by atoms with E-state index in [1.54, 1.807) is 0 Å². The molecule has 0 spiro atoms. The van der Waals surface area contributed by atoms with Gasteiger partial charge in [0.05, 0.1) is 12.4 Å². The Hall–Kier alpha value is -0.590. The molecule has 1 aromatic rings. The molecule has 0 amide bonds. The van der Waals surface area contributed by atoms with Gasteiger partial charge in [-0.1, -0.05) is 22.0 Å². The number of benzene rings is 1. The molecule has 0 saturated carbocycles. The van der Waals surface area contributed by atoms with Gasteiger partial charge in [-0.25, -0.2) is 13.6 Å². The fourth-order valence-corrected chi connectivity index (χ4v) is 2.26. The summed E-state index contributed by atoms with van der Waals surface area (Å²) in [5, 5.41) is 4.90. The number of nitrogens with two attached hydrogens (primary N) is 1. The van der Waals surface area contributed by atoms with Crippen LogP contribution in [0.2, 0.25) is 0 Å². The highest BCUT2D eigenvalue weighted by Gasteiger charge is 2.03. The lowest BCUT2D eigenvalue weighted by molar-refractivity contribution is 0.307. The van der Waals surface area contributed by atoms with E-state index in [-0.39, 0.29) is 5.75 Å². The van der Waals surface area contributed by atoms with Crippen molar-refractivity contribution in [2.45, 2.75) is 19.8 Å². The van der Waals surface area contributed by atoms with Crippen LogP contribution >= 0.6 is 15.9 Å². The summed E-state index contributed by atoms with van der Waals surface area (Å²) in [4.78, 5) is 0. The molecule has 4 nitrogen and oxygen atoms in total. The Morgan fingerprint density at radius 1 is 1.35 bits per heavy atom.